The molecule has 1 aromatic rings. The van der Waals surface area contributed by atoms with Gasteiger partial charge in [-0.1, -0.05) is 6.07 Å². The Morgan fingerprint density at radius 2 is 1.95 bits per heavy atom. The van der Waals surface area contributed by atoms with Crippen LogP contribution in [0.4, 0.5) is 0 Å². The van der Waals surface area contributed by atoms with Crippen molar-refractivity contribution >= 4 is 0 Å². The molecule has 1 fully saturated rings. The molecule has 0 bridgehead atoms. The van der Waals surface area contributed by atoms with Crippen LogP contribution in [0.15, 0.2) is 24.3 Å². The summed E-state index contributed by atoms with van der Waals surface area (Å²) in [5.41, 5.74) is 0. The van der Waals surface area contributed by atoms with Gasteiger partial charge in [0.05, 0.1) is 6.61 Å². The first kappa shape index (κ1) is 14.2. The number of hydrogen-bond acceptors (Lipinski definition) is 4. The average Bonchev–Trinajstić information content (AvgIpc) is 2.46. The van der Waals surface area contributed by atoms with E-state index in [4.69, 9.17) is 14.2 Å². The van der Waals surface area contributed by atoms with Gasteiger partial charge in [-0.15, -0.1) is 0 Å². The van der Waals surface area contributed by atoms with Crippen LogP contribution >= 0.6 is 0 Å². The van der Waals surface area contributed by atoms with Crippen LogP contribution in [0.3, 0.4) is 0 Å². The van der Waals surface area contributed by atoms with E-state index in [2.05, 4.69) is 5.32 Å². The zero-order valence-corrected chi connectivity index (χ0v) is 11.6. The van der Waals surface area contributed by atoms with Crippen LogP contribution in [-0.4, -0.2) is 39.0 Å². The molecular weight excluding hydrogens is 242 g/mol. The number of hydrogen-bond donors (Lipinski definition) is 1. The molecule has 0 atom stereocenters. The third-order valence-corrected chi connectivity index (χ3v) is 3.14. The summed E-state index contributed by atoms with van der Waals surface area (Å²) in [4.78, 5) is 0. The SMILES string of the molecule is CCOc1cccc(OCCNC2CCOCC2)c1. The van der Waals surface area contributed by atoms with Gasteiger partial charge in [-0.05, 0) is 31.9 Å². The highest BCUT2D eigenvalue weighted by Crippen LogP contribution is 2.19. The summed E-state index contributed by atoms with van der Waals surface area (Å²) in [6.45, 7) is 5.93. The number of ether oxygens (including phenoxy) is 3. The predicted octanol–water partition coefficient (Wildman–Crippen LogP) is 2.23. The molecule has 1 saturated heterocycles. The molecule has 19 heavy (non-hydrogen) atoms. The Labute approximate surface area is 115 Å². The van der Waals surface area contributed by atoms with Gasteiger partial charge in [0.15, 0.2) is 0 Å². The van der Waals surface area contributed by atoms with Crippen molar-refractivity contribution in [2.45, 2.75) is 25.8 Å². The summed E-state index contributed by atoms with van der Waals surface area (Å²) in [6, 6.07) is 8.35. The lowest BCUT2D eigenvalue weighted by atomic mass is 10.1. The van der Waals surface area contributed by atoms with E-state index in [9.17, 15) is 0 Å². The van der Waals surface area contributed by atoms with Gasteiger partial charge in [-0.2, -0.15) is 0 Å². The van der Waals surface area contributed by atoms with E-state index < -0.39 is 0 Å². The molecule has 4 heteroatoms. The molecule has 2 rings (SSSR count). The summed E-state index contributed by atoms with van der Waals surface area (Å²) in [5.74, 6) is 1.72. The van der Waals surface area contributed by atoms with Crippen LogP contribution in [0, 0.1) is 0 Å². The van der Waals surface area contributed by atoms with Crippen molar-refractivity contribution < 1.29 is 14.2 Å². The van der Waals surface area contributed by atoms with Gasteiger partial charge in [0, 0.05) is 31.9 Å². The van der Waals surface area contributed by atoms with Crippen molar-refractivity contribution in [3.8, 4) is 11.5 Å². The van der Waals surface area contributed by atoms with E-state index in [0.29, 0.717) is 19.3 Å². The van der Waals surface area contributed by atoms with Crippen LogP contribution in [-0.2, 0) is 4.74 Å². The molecule has 1 aliphatic rings. The minimum absolute atomic E-state index is 0.576. The average molecular weight is 265 g/mol. The molecule has 0 aromatic heterocycles. The maximum Gasteiger partial charge on any atom is 0.123 e. The molecule has 1 aliphatic heterocycles. The monoisotopic (exact) mass is 265 g/mol. The summed E-state index contributed by atoms with van der Waals surface area (Å²) >= 11 is 0. The van der Waals surface area contributed by atoms with Gasteiger partial charge in [-0.25, -0.2) is 0 Å². The van der Waals surface area contributed by atoms with Gasteiger partial charge >= 0.3 is 0 Å². The van der Waals surface area contributed by atoms with Gasteiger partial charge in [0.25, 0.3) is 0 Å². The van der Waals surface area contributed by atoms with E-state index in [1.165, 1.54) is 0 Å². The normalized spacial score (nSPS) is 16.3. The maximum absolute atomic E-state index is 5.71. The first-order valence-corrected chi connectivity index (χ1v) is 7.05. The Bertz CT molecular complexity index is 364. The zero-order valence-electron chi connectivity index (χ0n) is 11.6. The van der Waals surface area contributed by atoms with Crippen LogP contribution in [0.25, 0.3) is 0 Å². The largest absolute Gasteiger partial charge is 0.494 e. The van der Waals surface area contributed by atoms with Gasteiger partial charge in [0.1, 0.15) is 18.1 Å². The van der Waals surface area contributed by atoms with Crippen LogP contribution < -0.4 is 14.8 Å². The molecule has 0 amide bonds. The van der Waals surface area contributed by atoms with Gasteiger partial charge in [-0.3, -0.25) is 0 Å². The lowest BCUT2D eigenvalue weighted by molar-refractivity contribution is 0.0770. The molecule has 0 unspecified atom stereocenters. The second-order valence-corrected chi connectivity index (χ2v) is 4.60. The Morgan fingerprint density at radius 1 is 1.21 bits per heavy atom. The van der Waals surface area contributed by atoms with Crippen molar-refractivity contribution in [2.24, 2.45) is 0 Å². The van der Waals surface area contributed by atoms with Crippen LogP contribution in [0.5, 0.6) is 11.5 Å². The van der Waals surface area contributed by atoms with E-state index in [0.717, 1.165) is 44.1 Å². The van der Waals surface area contributed by atoms with Crippen molar-refractivity contribution in [1.29, 1.82) is 0 Å². The fourth-order valence-electron chi connectivity index (χ4n) is 2.15. The first-order valence-electron chi connectivity index (χ1n) is 7.05. The first-order chi connectivity index (χ1) is 9.38. The molecular formula is C15H23NO3. The highest BCUT2D eigenvalue weighted by atomic mass is 16.5. The predicted molar refractivity (Wildman–Crippen MR) is 74.9 cm³/mol. The van der Waals surface area contributed by atoms with Crippen LogP contribution in [0.1, 0.15) is 19.8 Å². The summed E-state index contributed by atoms with van der Waals surface area (Å²) in [7, 11) is 0. The minimum atomic E-state index is 0.576. The minimum Gasteiger partial charge on any atom is -0.494 e. The van der Waals surface area contributed by atoms with Crippen molar-refractivity contribution in [1.82, 2.24) is 5.32 Å². The smallest absolute Gasteiger partial charge is 0.123 e. The molecule has 1 aromatic carbocycles. The Balaban J connectivity index is 1.65. The second-order valence-electron chi connectivity index (χ2n) is 4.60. The maximum atomic E-state index is 5.71. The number of rotatable bonds is 7. The Hall–Kier alpha value is -1.26. The summed E-state index contributed by atoms with van der Waals surface area (Å²) < 4.78 is 16.5. The lowest BCUT2D eigenvalue weighted by Crippen LogP contribution is -2.37. The van der Waals surface area contributed by atoms with Crippen molar-refractivity contribution in [2.75, 3.05) is 33.0 Å². The summed E-state index contributed by atoms with van der Waals surface area (Å²) in [6.07, 6.45) is 2.19. The molecule has 1 N–H and O–H groups in total. The number of benzene rings is 1. The quantitative estimate of drug-likeness (QED) is 0.767. The van der Waals surface area contributed by atoms with E-state index in [1.54, 1.807) is 0 Å². The van der Waals surface area contributed by atoms with Gasteiger partial charge < -0.3 is 19.5 Å². The van der Waals surface area contributed by atoms with Crippen molar-refractivity contribution in [3.05, 3.63) is 24.3 Å². The standard InChI is InChI=1S/C15H23NO3/c1-2-18-14-4-3-5-15(12-14)19-11-8-16-13-6-9-17-10-7-13/h3-5,12-13,16H,2,6-11H2,1H3. The number of nitrogens with one attached hydrogen (secondary N) is 1. The Morgan fingerprint density at radius 3 is 2.68 bits per heavy atom. The third-order valence-electron chi connectivity index (χ3n) is 3.14. The molecule has 4 nitrogen and oxygen atoms in total. The molecule has 0 aliphatic carbocycles. The molecule has 0 spiro atoms. The molecule has 106 valence electrons. The van der Waals surface area contributed by atoms with E-state index in [-0.39, 0.29) is 0 Å². The second kappa shape index (κ2) is 8.02. The zero-order chi connectivity index (χ0) is 13.3. The highest BCUT2D eigenvalue weighted by Gasteiger charge is 2.12. The molecule has 0 saturated carbocycles. The van der Waals surface area contributed by atoms with Crippen LogP contribution in [0.2, 0.25) is 0 Å². The topological polar surface area (TPSA) is 39.7 Å². The fourth-order valence-corrected chi connectivity index (χ4v) is 2.15. The van der Waals surface area contributed by atoms with Crippen molar-refractivity contribution in [3.63, 3.8) is 0 Å². The van der Waals surface area contributed by atoms with E-state index in [1.807, 2.05) is 31.2 Å². The Kier molecular flexibility index (Phi) is 5.98. The lowest BCUT2D eigenvalue weighted by Gasteiger charge is -2.23. The summed E-state index contributed by atoms with van der Waals surface area (Å²) in [5, 5.41) is 3.50. The van der Waals surface area contributed by atoms with Gasteiger partial charge in [0.2, 0.25) is 0 Å². The fraction of sp³-hybridized carbons (Fsp3) is 0.600. The molecule has 0 radical (unpaired) electrons. The van der Waals surface area contributed by atoms with E-state index >= 15 is 0 Å². The molecule has 1 heterocycles. The highest BCUT2D eigenvalue weighted by molar-refractivity contribution is 5.32. The third kappa shape index (κ3) is 5.09.